The van der Waals surface area contributed by atoms with Crippen molar-refractivity contribution < 1.29 is 4.74 Å². The summed E-state index contributed by atoms with van der Waals surface area (Å²) in [5.74, 6) is 1.00. The molecule has 0 fully saturated rings. The molecule has 3 aromatic rings. The van der Waals surface area contributed by atoms with E-state index >= 15 is 0 Å². The summed E-state index contributed by atoms with van der Waals surface area (Å²) in [6.45, 7) is 0. The lowest BCUT2D eigenvalue weighted by atomic mass is 10.2. The van der Waals surface area contributed by atoms with E-state index in [2.05, 4.69) is 20.2 Å². The van der Waals surface area contributed by atoms with Gasteiger partial charge in [0.2, 0.25) is 0 Å². The molecule has 21 heavy (non-hydrogen) atoms. The number of aromatic amines is 1. The summed E-state index contributed by atoms with van der Waals surface area (Å²) in [5, 5.41) is 7.77. The smallest absolute Gasteiger partial charge is 0.329 e. The van der Waals surface area contributed by atoms with Crippen LogP contribution in [0.3, 0.4) is 0 Å². The molecule has 0 saturated carbocycles. The summed E-state index contributed by atoms with van der Waals surface area (Å²) < 4.78 is 6.01. The average Bonchev–Trinajstić information content (AvgIpc) is 2.53. The van der Waals surface area contributed by atoms with Gasteiger partial charge in [-0.25, -0.2) is 9.78 Å². The quantitative estimate of drug-likeness (QED) is 0.715. The van der Waals surface area contributed by atoms with E-state index < -0.39 is 11.2 Å². The fourth-order valence-corrected chi connectivity index (χ4v) is 1.86. The van der Waals surface area contributed by atoms with E-state index in [1.807, 2.05) is 0 Å². The minimum absolute atomic E-state index is 0.0675. The molecule has 0 radical (unpaired) electrons. The molecule has 0 unspecified atom stereocenters. The van der Waals surface area contributed by atoms with Crippen LogP contribution in [-0.4, -0.2) is 31.8 Å². The molecule has 8 heteroatoms. The highest BCUT2D eigenvalue weighted by Crippen LogP contribution is 2.18. The first-order valence-electron chi connectivity index (χ1n) is 6.08. The first-order chi connectivity index (χ1) is 10.1. The van der Waals surface area contributed by atoms with Gasteiger partial charge in [-0.05, 0) is 24.3 Å². The Bertz CT molecular complexity index is 927. The van der Waals surface area contributed by atoms with Crippen molar-refractivity contribution in [2.75, 3.05) is 7.11 Å². The maximum Gasteiger partial charge on any atom is 0.329 e. The zero-order valence-corrected chi connectivity index (χ0v) is 11.3. The standard InChI is InChI=1S/C13H11N5O3/c1-18-12(19)9-11(15-13(18)20)17-16-10(14-9)7-3-5-8(21-2)6-4-7/h3-6H,1-2H3,(H,15,17,20). The zero-order chi connectivity index (χ0) is 15.0. The lowest BCUT2D eigenvalue weighted by Gasteiger charge is -2.03. The predicted octanol–water partition coefficient (Wildman–Crippen LogP) is 0.0874. The predicted molar refractivity (Wildman–Crippen MR) is 75.2 cm³/mol. The van der Waals surface area contributed by atoms with Gasteiger partial charge in [0.25, 0.3) is 5.56 Å². The minimum Gasteiger partial charge on any atom is -0.497 e. The van der Waals surface area contributed by atoms with Gasteiger partial charge in [0.15, 0.2) is 17.0 Å². The molecule has 0 atom stereocenters. The van der Waals surface area contributed by atoms with Crippen LogP contribution in [0.2, 0.25) is 0 Å². The number of benzene rings is 1. The molecule has 1 aromatic carbocycles. The molecule has 3 rings (SSSR count). The molecular weight excluding hydrogens is 274 g/mol. The van der Waals surface area contributed by atoms with Gasteiger partial charge in [-0.3, -0.25) is 14.3 Å². The van der Waals surface area contributed by atoms with E-state index in [0.717, 1.165) is 4.57 Å². The number of hydrogen-bond donors (Lipinski definition) is 1. The highest BCUT2D eigenvalue weighted by Gasteiger charge is 2.10. The van der Waals surface area contributed by atoms with Gasteiger partial charge >= 0.3 is 5.69 Å². The molecule has 8 nitrogen and oxygen atoms in total. The first-order valence-corrected chi connectivity index (χ1v) is 6.08. The van der Waals surface area contributed by atoms with Gasteiger partial charge < -0.3 is 4.74 Å². The van der Waals surface area contributed by atoms with Crippen molar-refractivity contribution in [1.29, 1.82) is 0 Å². The molecule has 1 N–H and O–H groups in total. The molecule has 2 heterocycles. The van der Waals surface area contributed by atoms with Gasteiger partial charge in [-0.15, -0.1) is 10.2 Å². The molecule has 2 aromatic heterocycles. The average molecular weight is 285 g/mol. The molecule has 0 amide bonds. The maximum atomic E-state index is 12.0. The Morgan fingerprint density at radius 3 is 2.52 bits per heavy atom. The van der Waals surface area contributed by atoms with Gasteiger partial charge in [-0.2, -0.15) is 0 Å². The molecule has 0 bridgehead atoms. The SMILES string of the molecule is COc1ccc(-c2nnc3[nH]c(=O)n(C)c(=O)c3n2)cc1. The number of rotatable bonds is 2. The zero-order valence-electron chi connectivity index (χ0n) is 11.3. The second-order valence-electron chi connectivity index (χ2n) is 4.36. The number of methoxy groups -OCH3 is 1. The van der Waals surface area contributed by atoms with Crippen molar-refractivity contribution >= 4 is 11.2 Å². The van der Waals surface area contributed by atoms with E-state index in [9.17, 15) is 9.59 Å². The monoisotopic (exact) mass is 285 g/mol. The van der Waals surface area contributed by atoms with Crippen LogP contribution in [0, 0.1) is 0 Å². The van der Waals surface area contributed by atoms with Crippen LogP contribution in [0.15, 0.2) is 33.9 Å². The summed E-state index contributed by atoms with van der Waals surface area (Å²) in [6.07, 6.45) is 0. The molecular formula is C13H11N5O3. The highest BCUT2D eigenvalue weighted by molar-refractivity contribution is 5.70. The van der Waals surface area contributed by atoms with Gasteiger partial charge in [0.1, 0.15) is 5.75 Å². The number of H-pyrrole nitrogens is 1. The number of ether oxygens (including phenoxy) is 1. The summed E-state index contributed by atoms with van der Waals surface area (Å²) in [5.41, 5.74) is -0.240. The van der Waals surface area contributed by atoms with Crippen molar-refractivity contribution in [1.82, 2.24) is 24.7 Å². The summed E-state index contributed by atoms with van der Waals surface area (Å²) in [6, 6.07) is 7.04. The molecule has 0 spiro atoms. The number of nitrogens with one attached hydrogen (secondary N) is 1. The number of hydrogen-bond acceptors (Lipinski definition) is 6. The highest BCUT2D eigenvalue weighted by atomic mass is 16.5. The Morgan fingerprint density at radius 1 is 1.14 bits per heavy atom. The normalized spacial score (nSPS) is 10.8. The number of fused-ring (bicyclic) bond motifs is 1. The fourth-order valence-electron chi connectivity index (χ4n) is 1.86. The lowest BCUT2D eigenvalue weighted by Crippen LogP contribution is -2.33. The van der Waals surface area contributed by atoms with Crippen molar-refractivity contribution in [2.24, 2.45) is 7.05 Å². The van der Waals surface area contributed by atoms with Crippen LogP contribution in [0.4, 0.5) is 0 Å². The largest absolute Gasteiger partial charge is 0.497 e. The van der Waals surface area contributed by atoms with E-state index in [4.69, 9.17) is 4.74 Å². The minimum atomic E-state index is -0.555. The van der Waals surface area contributed by atoms with Crippen LogP contribution in [0.5, 0.6) is 5.75 Å². The molecule has 106 valence electrons. The van der Waals surface area contributed by atoms with Crippen LogP contribution in [0.25, 0.3) is 22.6 Å². The number of aromatic nitrogens is 5. The third-order valence-corrected chi connectivity index (χ3v) is 3.07. The van der Waals surface area contributed by atoms with E-state index in [1.54, 1.807) is 31.4 Å². The summed E-state index contributed by atoms with van der Waals surface area (Å²) in [4.78, 5) is 30.1. The van der Waals surface area contributed by atoms with Crippen molar-refractivity contribution in [3.05, 3.63) is 45.1 Å². The fraction of sp³-hybridized carbons (Fsp3) is 0.154. The van der Waals surface area contributed by atoms with Crippen LogP contribution < -0.4 is 16.0 Å². The van der Waals surface area contributed by atoms with E-state index in [-0.39, 0.29) is 11.2 Å². The Labute approximate surface area is 118 Å². The molecule has 0 aliphatic carbocycles. The van der Waals surface area contributed by atoms with E-state index in [1.165, 1.54) is 7.05 Å². The summed E-state index contributed by atoms with van der Waals surface area (Å²) in [7, 11) is 2.94. The molecule has 0 aliphatic heterocycles. The van der Waals surface area contributed by atoms with Crippen molar-refractivity contribution in [2.45, 2.75) is 0 Å². The van der Waals surface area contributed by atoms with Gasteiger partial charge in [0.05, 0.1) is 7.11 Å². The molecule has 0 aliphatic rings. The Balaban J connectivity index is 2.20. The summed E-state index contributed by atoms with van der Waals surface area (Å²) >= 11 is 0. The molecule has 0 saturated heterocycles. The van der Waals surface area contributed by atoms with Crippen LogP contribution in [-0.2, 0) is 7.05 Å². The van der Waals surface area contributed by atoms with Crippen LogP contribution in [0.1, 0.15) is 0 Å². The van der Waals surface area contributed by atoms with E-state index in [0.29, 0.717) is 17.1 Å². The Morgan fingerprint density at radius 2 is 1.86 bits per heavy atom. The number of nitrogens with zero attached hydrogens (tertiary/aromatic N) is 4. The topological polar surface area (TPSA) is 103 Å². The third kappa shape index (κ3) is 2.16. The Kier molecular flexibility index (Phi) is 2.98. The third-order valence-electron chi connectivity index (χ3n) is 3.07. The van der Waals surface area contributed by atoms with Crippen molar-refractivity contribution in [3.63, 3.8) is 0 Å². The van der Waals surface area contributed by atoms with Gasteiger partial charge in [0, 0.05) is 12.6 Å². The maximum absolute atomic E-state index is 12.0. The second kappa shape index (κ2) is 4.82. The van der Waals surface area contributed by atoms with Crippen molar-refractivity contribution in [3.8, 4) is 17.1 Å². The Hall–Kier alpha value is -3.03. The van der Waals surface area contributed by atoms with Gasteiger partial charge in [-0.1, -0.05) is 0 Å². The lowest BCUT2D eigenvalue weighted by molar-refractivity contribution is 0.415. The second-order valence-corrected chi connectivity index (χ2v) is 4.36. The first kappa shape index (κ1) is 13.0. The van der Waals surface area contributed by atoms with Crippen LogP contribution >= 0.6 is 0 Å².